The largest absolute Gasteiger partial charge is 0.381 e. The molecular weight excluding hydrogens is 334 g/mol. The number of rotatable bonds is 3. The highest BCUT2D eigenvalue weighted by Crippen LogP contribution is 2.33. The fraction of sp³-hybridized carbons (Fsp3) is 0.632. The quantitative estimate of drug-likeness (QED) is 0.880. The summed E-state index contributed by atoms with van der Waals surface area (Å²) in [7, 11) is 0. The second-order valence-electron chi connectivity index (χ2n) is 7.43. The molecule has 0 spiro atoms. The van der Waals surface area contributed by atoms with E-state index in [4.69, 9.17) is 9.47 Å². The molecule has 140 valence electrons. The highest BCUT2D eigenvalue weighted by atomic mass is 16.5. The summed E-state index contributed by atoms with van der Waals surface area (Å²) >= 11 is 0. The maximum absolute atomic E-state index is 12.7. The lowest BCUT2D eigenvalue weighted by Crippen LogP contribution is -2.52. The van der Waals surface area contributed by atoms with Crippen molar-refractivity contribution in [1.29, 1.82) is 0 Å². The average Bonchev–Trinajstić information content (AvgIpc) is 3.22. The number of pyridine rings is 1. The van der Waals surface area contributed by atoms with Crippen molar-refractivity contribution in [3.05, 3.63) is 24.5 Å². The van der Waals surface area contributed by atoms with Gasteiger partial charge in [-0.3, -0.25) is 14.6 Å². The van der Waals surface area contributed by atoms with Crippen LogP contribution >= 0.6 is 0 Å². The molecule has 7 heteroatoms. The van der Waals surface area contributed by atoms with Crippen molar-refractivity contribution in [3.8, 4) is 0 Å². The zero-order chi connectivity index (χ0) is 17.9. The molecule has 0 saturated carbocycles. The Hall–Kier alpha value is -1.99. The fourth-order valence-corrected chi connectivity index (χ4v) is 4.18. The number of nitrogens with zero attached hydrogens (tertiary/aromatic N) is 2. The van der Waals surface area contributed by atoms with Crippen LogP contribution in [0.3, 0.4) is 0 Å². The SMILES string of the molecule is O=C(Nc1cccnc1)[C@@H]1CO[C@@H]2CCN(C(=O)C3CCOC3)C[C@@H]2C1. The standard InChI is InChI=1S/C19H25N3O4/c23-18(21-16-2-1-5-20-9-16)15-8-14-10-22(6-3-17(14)26-12-15)19(24)13-4-7-25-11-13/h1-2,5,9,13-15,17H,3-4,6-8,10-12H2,(H,21,23)/t13?,14-,15-,17+/m0/s1. The van der Waals surface area contributed by atoms with Crippen LogP contribution in [0.2, 0.25) is 0 Å². The third-order valence-electron chi connectivity index (χ3n) is 5.65. The van der Waals surface area contributed by atoms with Gasteiger partial charge >= 0.3 is 0 Å². The van der Waals surface area contributed by atoms with Crippen LogP contribution in [0, 0.1) is 17.8 Å². The highest BCUT2D eigenvalue weighted by Gasteiger charge is 2.40. The lowest BCUT2D eigenvalue weighted by Gasteiger charge is -2.43. The van der Waals surface area contributed by atoms with E-state index in [9.17, 15) is 9.59 Å². The third kappa shape index (κ3) is 3.73. The third-order valence-corrected chi connectivity index (χ3v) is 5.65. The molecule has 1 aromatic heterocycles. The first-order chi connectivity index (χ1) is 12.7. The second kappa shape index (κ2) is 7.72. The molecule has 4 heterocycles. The summed E-state index contributed by atoms with van der Waals surface area (Å²) in [6.45, 7) is 3.07. The van der Waals surface area contributed by atoms with Crippen molar-refractivity contribution in [2.75, 3.05) is 38.2 Å². The Morgan fingerprint density at radius 2 is 2.15 bits per heavy atom. The van der Waals surface area contributed by atoms with Gasteiger partial charge in [-0.2, -0.15) is 0 Å². The van der Waals surface area contributed by atoms with E-state index in [1.165, 1.54) is 0 Å². The smallest absolute Gasteiger partial charge is 0.229 e. The molecule has 1 aromatic rings. The summed E-state index contributed by atoms with van der Waals surface area (Å²) in [5.74, 6) is 0.183. The number of ether oxygens (including phenoxy) is 2. The number of piperidine rings is 1. The molecule has 7 nitrogen and oxygen atoms in total. The number of fused-ring (bicyclic) bond motifs is 1. The Bertz CT molecular complexity index is 647. The van der Waals surface area contributed by atoms with E-state index in [1.807, 2.05) is 11.0 Å². The van der Waals surface area contributed by atoms with E-state index in [2.05, 4.69) is 10.3 Å². The topological polar surface area (TPSA) is 80.8 Å². The maximum atomic E-state index is 12.7. The summed E-state index contributed by atoms with van der Waals surface area (Å²) in [6.07, 6.45) is 5.88. The first-order valence-corrected chi connectivity index (χ1v) is 9.39. The van der Waals surface area contributed by atoms with E-state index in [1.54, 1.807) is 18.5 Å². The van der Waals surface area contributed by atoms with Crippen LogP contribution in [0.1, 0.15) is 19.3 Å². The predicted octanol–water partition coefficient (Wildman–Crippen LogP) is 1.31. The van der Waals surface area contributed by atoms with Gasteiger partial charge in [0, 0.05) is 31.8 Å². The monoisotopic (exact) mass is 359 g/mol. The number of amides is 2. The molecule has 0 aromatic carbocycles. The van der Waals surface area contributed by atoms with E-state index < -0.39 is 0 Å². The lowest BCUT2D eigenvalue weighted by atomic mass is 9.83. The van der Waals surface area contributed by atoms with Crippen molar-refractivity contribution < 1.29 is 19.1 Å². The molecule has 1 unspecified atom stereocenters. The van der Waals surface area contributed by atoms with Crippen molar-refractivity contribution >= 4 is 17.5 Å². The normalized spacial score (nSPS) is 31.3. The Morgan fingerprint density at radius 3 is 2.92 bits per heavy atom. The van der Waals surface area contributed by atoms with Gasteiger partial charge in [-0.15, -0.1) is 0 Å². The lowest BCUT2D eigenvalue weighted by molar-refractivity contribution is -0.147. The molecule has 3 saturated heterocycles. The van der Waals surface area contributed by atoms with Crippen LogP contribution in [-0.4, -0.2) is 60.7 Å². The van der Waals surface area contributed by atoms with Gasteiger partial charge in [-0.25, -0.2) is 0 Å². The summed E-state index contributed by atoms with van der Waals surface area (Å²) in [6, 6.07) is 3.61. The maximum Gasteiger partial charge on any atom is 0.229 e. The molecular formula is C19H25N3O4. The number of aromatic nitrogens is 1. The molecule has 3 aliphatic rings. The summed E-state index contributed by atoms with van der Waals surface area (Å²) in [4.78, 5) is 31.2. The summed E-state index contributed by atoms with van der Waals surface area (Å²) in [5.41, 5.74) is 0.696. The minimum Gasteiger partial charge on any atom is -0.381 e. The summed E-state index contributed by atoms with van der Waals surface area (Å²) < 4.78 is 11.3. The van der Waals surface area contributed by atoms with Crippen LogP contribution in [0.25, 0.3) is 0 Å². The van der Waals surface area contributed by atoms with E-state index in [0.717, 1.165) is 25.8 Å². The second-order valence-corrected chi connectivity index (χ2v) is 7.43. The van der Waals surface area contributed by atoms with Gasteiger partial charge in [0.15, 0.2) is 0 Å². The van der Waals surface area contributed by atoms with Gasteiger partial charge in [-0.05, 0) is 31.4 Å². The van der Waals surface area contributed by atoms with Crippen molar-refractivity contribution in [1.82, 2.24) is 9.88 Å². The highest BCUT2D eigenvalue weighted by molar-refractivity contribution is 5.92. The van der Waals surface area contributed by atoms with Crippen molar-refractivity contribution in [2.24, 2.45) is 17.8 Å². The summed E-state index contributed by atoms with van der Waals surface area (Å²) in [5, 5.41) is 2.91. The van der Waals surface area contributed by atoms with Crippen LogP contribution in [-0.2, 0) is 19.1 Å². The Kier molecular flexibility index (Phi) is 5.17. The van der Waals surface area contributed by atoms with Crippen LogP contribution < -0.4 is 5.32 Å². The number of hydrogen-bond donors (Lipinski definition) is 1. The van der Waals surface area contributed by atoms with Gasteiger partial charge in [0.1, 0.15) is 0 Å². The molecule has 0 radical (unpaired) electrons. The molecule has 26 heavy (non-hydrogen) atoms. The average molecular weight is 359 g/mol. The Morgan fingerprint density at radius 1 is 1.23 bits per heavy atom. The van der Waals surface area contributed by atoms with Gasteiger partial charge in [0.25, 0.3) is 0 Å². The van der Waals surface area contributed by atoms with Gasteiger partial charge in [0.2, 0.25) is 11.8 Å². The Labute approximate surface area is 153 Å². The van der Waals surface area contributed by atoms with Gasteiger partial charge in [-0.1, -0.05) is 0 Å². The van der Waals surface area contributed by atoms with E-state index in [0.29, 0.717) is 32.1 Å². The molecule has 0 aliphatic carbocycles. The number of nitrogens with one attached hydrogen (secondary N) is 1. The molecule has 3 fully saturated rings. The van der Waals surface area contributed by atoms with Crippen LogP contribution in [0.4, 0.5) is 5.69 Å². The molecule has 4 rings (SSSR count). The predicted molar refractivity (Wildman–Crippen MR) is 94.3 cm³/mol. The molecule has 0 bridgehead atoms. The van der Waals surface area contributed by atoms with Crippen LogP contribution in [0.15, 0.2) is 24.5 Å². The molecule has 2 amide bonds. The number of carbonyl (C=O) groups excluding carboxylic acids is 2. The van der Waals surface area contributed by atoms with Crippen molar-refractivity contribution in [2.45, 2.75) is 25.4 Å². The van der Waals surface area contributed by atoms with Gasteiger partial charge in [0.05, 0.1) is 43.0 Å². The zero-order valence-electron chi connectivity index (χ0n) is 14.8. The van der Waals surface area contributed by atoms with E-state index in [-0.39, 0.29) is 35.7 Å². The molecule has 4 atom stereocenters. The van der Waals surface area contributed by atoms with Crippen LogP contribution in [0.5, 0.6) is 0 Å². The number of hydrogen-bond acceptors (Lipinski definition) is 5. The number of anilines is 1. The van der Waals surface area contributed by atoms with Crippen molar-refractivity contribution in [3.63, 3.8) is 0 Å². The zero-order valence-corrected chi connectivity index (χ0v) is 14.8. The minimum absolute atomic E-state index is 0.000681. The fourth-order valence-electron chi connectivity index (χ4n) is 4.18. The number of carbonyl (C=O) groups is 2. The first kappa shape index (κ1) is 17.4. The molecule has 1 N–H and O–H groups in total. The minimum atomic E-state index is -0.193. The van der Waals surface area contributed by atoms with Gasteiger partial charge < -0.3 is 19.7 Å². The molecule has 3 aliphatic heterocycles. The Balaban J connectivity index is 1.35. The first-order valence-electron chi connectivity index (χ1n) is 9.39. The van der Waals surface area contributed by atoms with E-state index >= 15 is 0 Å². The number of likely N-dealkylation sites (tertiary alicyclic amines) is 1.